The van der Waals surface area contributed by atoms with Crippen LogP contribution in [-0.4, -0.2) is 92.0 Å². The van der Waals surface area contributed by atoms with Crippen LogP contribution in [0.1, 0.15) is 336 Å². The summed E-state index contributed by atoms with van der Waals surface area (Å²) in [7, 11) is 0. The molecule has 7 aromatic rings. The number of piperidine rings is 4. The highest BCUT2D eigenvalue weighted by molar-refractivity contribution is 6.04. The number of nitrogens with zero attached hydrogens (tertiary/aromatic N) is 5. The molecular formula is C115H194N6O2. The van der Waals surface area contributed by atoms with Crippen molar-refractivity contribution < 1.29 is 9.59 Å². The maximum atomic E-state index is 11.9. The Hall–Kier alpha value is -7.00. The van der Waals surface area contributed by atoms with E-state index < -0.39 is 0 Å². The zero-order valence-electron chi connectivity index (χ0n) is 86.0. The van der Waals surface area contributed by atoms with E-state index in [0.717, 1.165) is 139 Å². The number of anilines is 3. The number of nitrogens with one attached hydrogen (secondary N) is 1. The smallest absolute Gasteiger partial charge is 0.255 e. The second-order valence-corrected chi connectivity index (χ2v) is 40.6. The van der Waals surface area contributed by atoms with Crippen LogP contribution >= 0.6 is 0 Å². The van der Waals surface area contributed by atoms with E-state index in [1.807, 2.05) is 97.6 Å². The molecule has 696 valence electrons. The van der Waals surface area contributed by atoms with Crippen LogP contribution in [-0.2, 0) is 13.1 Å². The van der Waals surface area contributed by atoms with Crippen molar-refractivity contribution in [1.82, 2.24) is 14.7 Å². The number of para-hydroxylation sites is 3. The van der Waals surface area contributed by atoms with E-state index in [-0.39, 0.29) is 11.8 Å². The number of benzene rings is 7. The molecular weight excluding hydrogens is 1500 g/mol. The number of likely N-dealkylation sites (tertiary alicyclic amines) is 3. The number of rotatable bonds is 14. The van der Waals surface area contributed by atoms with Crippen LogP contribution in [0.4, 0.5) is 17.1 Å². The molecule has 7 aromatic carbocycles. The van der Waals surface area contributed by atoms with Crippen LogP contribution in [0.25, 0.3) is 0 Å². The maximum Gasteiger partial charge on any atom is 0.255 e. The second kappa shape index (κ2) is 73.1. The fourth-order valence-corrected chi connectivity index (χ4v) is 13.5. The fourth-order valence-electron chi connectivity index (χ4n) is 13.5. The largest absolute Gasteiger partial charge is 0.372 e. The van der Waals surface area contributed by atoms with E-state index >= 15 is 0 Å². The molecule has 8 nitrogen and oxygen atoms in total. The molecule has 0 bridgehead atoms. The molecule has 2 amide bonds. The van der Waals surface area contributed by atoms with Crippen molar-refractivity contribution in [2.24, 2.45) is 88.8 Å². The van der Waals surface area contributed by atoms with Gasteiger partial charge in [0, 0.05) is 80.5 Å². The third kappa shape index (κ3) is 65.3. The molecule has 0 radical (unpaired) electrons. The Balaban J connectivity index is 0. The standard InChI is InChI=1S/C18H29N.C15H23N.C14H21N.C13H11NO.C13H19N.C12H15NO.7C4H10.C2H6/c1-14(2)17-7-5-16(6-8-17)13-19-11-9-18(10-12-19)15(3)4;1-13(2)15-8-10-16(11-9-15)12-14-6-4-3-5-7-14;1-12(2)13-8-10-15(11-9-13)14-6-4-3-5-7-14;15-13(11-7-3-1-4-8-11)14-12-9-5-2-6-10-12;1-11(2)12-8-9-14(10-12)13-6-4-3-5-7-13;14-12(11-7-3-1-4-8-11)13-9-5-2-6-10-13;7*1-4(2)3;1-2/h5-8,14-15,18H,9-13H2,1-4H3;3-7,13,15H,8-12H2,1-2H3;3-7,12-13H,8-11H2,1-2H3;1-10H,(H,14,15);3-7,11-12H,8-10H2,1-2H3;1,3-4,7-8H,2,5-6,9-10H2;7*4H,1-3H3;1-2H3. The topological polar surface area (TPSA) is 62.4 Å². The minimum atomic E-state index is -0.0817. The summed E-state index contributed by atoms with van der Waals surface area (Å²) < 4.78 is 0. The van der Waals surface area contributed by atoms with Gasteiger partial charge >= 0.3 is 0 Å². The normalized spacial score (nSPS) is 15.3. The van der Waals surface area contributed by atoms with Gasteiger partial charge < -0.3 is 20.0 Å². The predicted octanol–water partition coefficient (Wildman–Crippen LogP) is 32.9. The van der Waals surface area contributed by atoms with Crippen LogP contribution in [0.15, 0.2) is 206 Å². The number of carbonyl (C=O) groups is 2. The highest BCUT2D eigenvalue weighted by Gasteiger charge is 2.27. The molecule has 123 heavy (non-hydrogen) atoms. The molecule has 5 heterocycles. The van der Waals surface area contributed by atoms with E-state index in [0.29, 0.717) is 11.5 Å². The molecule has 0 spiro atoms. The van der Waals surface area contributed by atoms with Gasteiger partial charge in [-0.3, -0.25) is 19.4 Å². The summed E-state index contributed by atoms with van der Waals surface area (Å²) in [6.45, 7) is 87.0. The molecule has 1 atom stereocenters. The van der Waals surface area contributed by atoms with Crippen molar-refractivity contribution in [3.63, 3.8) is 0 Å². The van der Waals surface area contributed by atoms with Gasteiger partial charge in [-0.25, -0.2) is 0 Å². The summed E-state index contributed by atoms with van der Waals surface area (Å²) in [5, 5.41) is 2.82. The predicted molar refractivity (Wildman–Crippen MR) is 552 cm³/mol. The highest BCUT2D eigenvalue weighted by atomic mass is 16.2. The molecule has 12 rings (SSSR count). The molecule has 5 saturated heterocycles. The van der Waals surface area contributed by atoms with E-state index in [1.54, 1.807) is 12.1 Å². The van der Waals surface area contributed by atoms with Gasteiger partial charge in [-0.15, -0.1) is 0 Å². The molecule has 0 aliphatic carbocycles. The van der Waals surface area contributed by atoms with Crippen molar-refractivity contribution in [3.8, 4) is 0 Å². The SMILES string of the molecule is CC.CC(C)C.CC(C)C.CC(C)C.CC(C)C.CC(C)C.CC(C)C.CC(C)C.CC(C)C1CCN(Cc2ccccc2)CC1.CC(C)C1CCN(c2ccccc2)C1.CC(C)C1CCN(c2ccccc2)CC1.CC(C)c1ccc(CN2CCC(C(C)C)CC2)cc1.O=C(Nc1ccccc1)c1ccccc1.O=C(c1ccccc1)N1CCCCC1. The van der Waals surface area contributed by atoms with Crippen LogP contribution in [0.5, 0.6) is 0 Å². The average molecular weight is 1690 g/mol. The molecule has 5 fully saturated rings. The van der Waals surface area contributed by atoms with Crippen molar-refractivity contribution in [2.75, 3.05) is 80.6 Å². The van der Waals surface area contributed by atoms with Gasteiger partial charge in [0.05, 0.1) is 0 Å². The zero-order valence-corrected chi connectivity index (χ0v) is 86.0. The Bertz CT molecular complexity index is 3350. The van der Waals surface area contributed by atoms with E-state index in [2.05, 4.69) is 355 Å². The van der Waals surface area contributed by atoms with Gasteiger partial charge in [0.1, 0.15) is 0 Å². The summed E-state index contributed by atoms with van der Waals surface area (Å²) in [5.41, 5.74) is 9.43. The first-order valence-electron chi connectivity index (χ1n) is 49.2. The van der Waals surface area contributed by atoms with Crippen molar-refractivity contribution in [2.45, 2.75) is 312 Å². The van der Waals surface area contributed by atoms with Gasteiger partial charge in [0.2, 0.25) is 0 Å². The second-order valence-electron chi connectivity index (χ2n) is 40.6. The van der Waals surface area contributed by atoms with Crippen molar-refractivity contribution >= 4 is 28.9 Å². The van der Waals surface area contributed by atoms with E-state index in [9.17, 15) is 9.59 Å². The van der Waals surface area contributed by atoms with Crippen LogP contribution < -0.4 is 15.1 Å². The lowest BCUT2D eigenvalue weighted by Crippen LogP contribution is -2.35. The van der Waals surface area contributed by atoms with Crippen molar-refractivity contribution in [1.29, 1.82) is 0 Å². The fraction of sp³-hybridized carbons (Fsp3) is 0.617. The Morgan fingerprint density at radius 1 is 0.293 bits per heavy atom. The lowest BCUT2D eigenvalue weighted by molar-refractivity contribution is 0.0724. The zero-order chi connectivity index (χ0) is 93.2. The molecule has 8 heteroatoms. The van der Waals surface area contributed by atoms with Crippen LogP contribution in [0.3, 0.4) is 0 Å². The number of hydrogen-bond donors (Lipinski definition) is 1. The molecule has 5 aliphatic rings. The molecule has 0 saturated carbocycles. The van der Waals surface area contributed by atoms with E-state index in [1.165, 1.54) is 132 Å². The number of hydrogen-bond acceptors (Lipinski definition) is 6. The Morgan fingerprint density at radius 2 is 0.561 bits per heavy atom. The van der Waals surface area contributed by atoms with Crippen molar-refractivity contribution in [3.05, 3.63) is 234 Å². The first kappa shape index (κ1) is 118. The summed E-state index contributed by atoms with van der Waals surface area (Å²) in [5.74, 6) is 13.7. The average Bonchev–Trinajstić information content (AvgIpc) is 1.78. The molecule has 1 unspecified atom stereocenters. The lowest BCUT2D eigenvalue weighted by atomic mass is 9.86. The summed E-state index contributed by atoms with van der Waals surface area (Å²) in [6, 6.07) is 69.7. The quantitative estimate of drug-likeness (QED) is 0.117. The first-order chi connectivity index (χ1) is 58.2. The van der Waals surface area contributed by atoms with Crippen LogP contribution in [0, 0.1) is 88.8 Å². The monoisotopic (exact) mass is 1690 g/mol. The minimum Gasteiger partial charge on any atom is -0.372 e. The Morgan fingerprint density at radius 3 is 0.878 bits per heavy atom. The van der Waals surface area contributed by atoms with Gasteiger partial charge in [0.25, 0.3) is 11.8 Å². The Labute approximate surface area is 763 Å². The van der Waals surface area contributed by atoms with Gasteiger partial charge in [-0.1, -0.05) is 374 Å². The number of carbonyl (C=O) groups excluding carboxylic acids is 2. The highest BCUT2D eigenvalue weighted by Crippen LogP contribution is 2.31. The van der Waals surface area contributed by atoms with Crippen LogP contribution in [0.2, 0.25) is 0 Å². The third-order valence-corrected chi connectivity index (χ3v) is 20.1. The maximum absolute atomic E-state index is 11.9. The number of amides is 2. The van der Waals surface area contributed by atoms with Gasteiger partial charge in [-0.05, 0) is 262 Å². The summed E-state index contributed by atoms with van der Waals surface area (Å²) in [6.07, 6.45) is 13.1. The third-order valence-electron chi connectivity index (χ3n) is 20.1. The Kier molecular flexibility index (Phi) is 70.1. The summed E-state index contributed by atoms with van der Waals surface area (Å²) >= 11 is 0. The molecule has 0 aromatic heterocycles. The minimum absolute atomic E-state index is 0.0817. The van der Waals surface area contributed by atoms with E-state index in [4.69, 9.17) is 0 Å². The molecule has 1 N–H and O–H groups in total. The lowest BCUT2D eigenvalue weighted by Gasteiger charge is -2.35. The summed E-state index contributed by atoms with van der Waals surface area (Å²) in [4.78, 5) is 35.8. The molecule has 5 aliphatic heterocycles. The van der Waals surface area contributed by atoms with Gasteiger partial charge in [-0.2, -0.15) is 0 Å². The first-order valence-corrected chi connectivity index (χ1v) is 49.2. The van der Waals surface area contributed by atoms with Gasteiger partial charge in [0.15, 0.2) is 0 Å².